The van der Waals surface area contributed by atoms with E-state index in [1.807, 2.05) is 0 Å². The van der Waals surface area contributed by atoms with Gasteiger partial charge in [-0.2, -0.15) is 0 Å². The van der Waals surface area contributed by atoms with Crippen LogP contribution in [0.2, 0.25) is 0 Å². The Morgan fingerprint density at radius 2 is 1.50 bits per heavy atom. The van der Waals surface area contributed by atoms with Crippen molar-refractivity contribution in [3.8, 4) is 0 Å². The molecule has 38 heavy (non-hydrogen) atoms. The summed E-state index contributed by atoms with van der Waals surface area (Å²) in [4.78, 5) is 37.2. The van der Waals surface area contributed by atoms with Crippen LogP contribution >= 0.6 is 34.8 Å². The molecule has 4 aliphatic rings. The fourth-order valence-electron chi connectivity index (χ4n) is 4.24. The monoisotopic (exact) mass is 606 g/mol. The van der Waals surface area contributed by atoms with Crippen LogP contribution in [-0.4, -0.2) is 98.6 Å². The van der Waals surface area contributed by atoms with E-state index < -0.39 is 54.5 Å². The van der Waals surface area contributed by atoms with Crippen LogP contribution in [-0.2, 0) is 42.1 Å². The smallest absolute Gasteiger partial charge is 0.236 e. The summed E-state index contributed by atoms with van der Waals surface area (Å²) in [5.41, 5.74) is -0.0250. The largest absolute Gasteiger partial charge is 0.387 e. The Hall–Kier alpha value is -1.64. The Labute approximate surface area is 225 Å². The van der Waals surface area contributed by atoms with Gasteiger partial charge in [-0.05, 0) is 17.7 Å². The van der Waals surface area contributed by atoms with E-state index in [4.69, 9.17) is 14.0 Å². The Morgan fingerprint density at radius 1 is 0.921 bits per heavy atom. The molecule has 13 nitrogen and oxygen atoms in total. The van der Waals surface area contributed by atoms with Crippen molar-refractivity contribution in [1.29, 1.82) is 0 Å². The molecule has 17 heteroatoms. The van der Waals surface area contributed by atoms with Gasteiger partial charge < -0.3 is 24.2 Å². The molecule has 2 saturated heterocycles. The Balaban J connectivity index is 0.000000211. The second-order valence-electron chi connectivity index (χ2n) is 8.64. The van der Waals surface area contributed by atoms with Crippen molar-refractivity contribution in [3.63, 3.8) is 0 Å². The molecule has 0 spiro atoms. The molecular formula is C21H26N2O11P4. The predicted molar refractivity (Wildman–Crippen MR) is 136 cm³/mol. The van der Waals surface area contributed by atoms with Crippen molar-refractivity contribution in [2.75, 3.05) is 12.3 Å². The molecule has 2 fully saturated rings. The van der Waals surface area contributed by atoms with Gasteiger partial charge in [0.1, 0.15) is 18.3 Å². The summed E-state index contributed by atoms with van der Waals surface area (Å²) in [5, 5.41) is 20.1. The zero-order chi connectivity index (χ0) is 28.0. The highest BCUT2D eigenvalue weighted by Gasteiger charge is 2.49. The first kappa shape index (κ1) is 30.9. The lowest BCUT2D eigenvalue weighted by Crippen LogP contribution is -2.45. The molecule has 0 aromatic heterocycles. The van der Waals surface area contributed by atoms with Crippen molar-refractivity contribution in [2.45, 2.75) is 61.5 Å². The van der Waals surface area contributed by atoms with Crippen LogP contribution < -0.4 is 0 Å². The molecule has 206 valence electrons. The molecule has 4 heterocycles. The zero-order valence-corrected chi connectivity index (χ0v) is 23.7. The summed E-state index contributed by atoms with van der Waals surface area (Å²) in [6, 6.07) is 0. The van der Waals surface area contributed by atoms with Crippen LogP contribution in [0.4, 0.5) is 0 Å². The Kier molecular flexibility index (Phi) is 11.5. The van der Waals surface area contributed by atoms with Gasteiger partial charge in [-0.3, -0.25) is 37.9 Å². The lowest BCUT2D eigenvalue weighted by molar-refractivity contribution is -0.147. The lowest BCUT2D eigenvalue weighted by atomic mass is 10.1. The fourth-order valence-corrected chi connectivity index (χ4v) is 6.19. The highest BCUT2D eigenvalue weighted by atomic mass is 31.1. The highest BCUT2D eigenvalue weighted by molar-refractivity contribution is 7.26. The van der Waals surface area contributed by atoms with Crippen LogP contribution in [0.1, 0.15) is 12.8 Å². The predicted octanol–water partition coefficient (Wildman–Crippen LogP) is 1.18. The van der Waals surface area contributed by atoms with Gasteiger partial charge in [0.15, 0.2) is 43.6 Å². The number of hydrogen-bond donors (Lipinski definition) is 2. The number of rotatable bonds is 8. The minimum absolute atomic E-state index is 0.0815. The number of ether oxygens (including phenoxy) is 2. The van der Waals surface area contributed by atoms with Crippen LogP contribution in [0.25, 0.3) is 0 Å². The van der Waals surface area contributed by atoms with Crippen molar-refractivity contribution in [3.05, 3.63) is 36.7 Å². The second-order valence-corrected chi connectivity index (χ2v) is 11.0. The number of nitrogens with zero attached hydrogens (tertiary/aromatic N) is 2. The van der Waals surface area contributed by atoms with Crippen LogP contribution in [0, 0.1) is 0 Å². The summed E-state index contributed by atoms with van der Waals surface area (Å²) in [6.45, 7) is 3.72. The summed E-state index contributed by atoms with van der Waals surface area (Å²) in [7, 11) is 1.42. The second kappa shape index (κ2) is 14.1. The van der Waals surface area contributed by atoms with E-state index in [1.165, 1.54) is 17.2 Å². The standard InChI is InChI=1S/C11H15NO5P2.C10H11NO6P2/c1-6-2-3-12(8(13)4-6)11-10(17-18)9(14)7(16-11)5-19-15;12-5-1-2-11(7(13)3-5)10-8(14)9(19-16)6(17-10)4-18-15/h2-3,7,9-11,14H,1,4-5,18H2;1-2,6,8-10,14H,3-4H2/t7-,9-,10-,11-;6-,8-,9-,10-/m11/s1. The fraction of sp³-hybridized carbons (Fsp3) is 0.571. The number of hydrogen-bond acceptors (Lipinski definition) is 11. The van der Waals surface area contributed by atoms with Gasteiger partial charge in [0.05, 0.1) is 43.0 Å². The zero-order valence-electron chi connectivity index (χ0n) is 19.8. The van der Waals surface area contributed by atoms with E-state index >= 15 is 0 Å². The molecule has 0 aliphatic carbocycles. The molecule has 9 atom stereocenters. The Morgan fingerprint density at radius 3 is 2.08 bits per heavy atom. The number of allylic oxidation sites excluding steroid dienone is 2. The van der Waals surface area contributed by atoms with Crippen molar-refractivity contribution >= 4 is 52.4 Å². The number of ketones is 1. The van der Waals surface area contributed by atoms with E-state index in [2.05, 4.69) is 16.0 Å². The quantitative estimate of drug-likeness (QED) is 0.300. The summed E-state index contributed by atoms with van der Waals surface area (Å²) in [5.74, 6) is -0.975. The molecule has 4 rings (SSSR count). The maximum Gasteiger partial charge on any atom is 0.236 e. The number of amides is 2. The van der Waals surface area contributed by atoms with Crippen LogP contribution in [0.15, 0.2) is 36.7 Å². The summed E-state index contributed by atoms with van der Waals surface area (Å²) in [6.07, 6.45) is 0.102. The third kappa shape index (κ3) is 6.92. The number of carbonyl (C=O) groups is 3. The van der Waals surface area contributed by atoms with Gasteiger partial charge in [0.25, 0.3) is 0 Å². The van der Waals surface area contributed by atoms with Gasteiger partial charge in [-0.15, -0.1) is 0 Å². The average molecular weight is 606 g/mol. The topological polar surface area (TPSA) is 177 Å². The number of aliphatic hydroxyl groups excluding tert-OH is 2. The average Bonchev–Trinajstić information content (AvgIpc) is 3.35. The number of carbonyl (C=O) groups excluding carboxylic acids is 3. The van der Waals surface area contributed by atoms with Crippen molar-refractivity contribution in [1.82, 2.24) is 9.80 Å². The van der Waals surface area contributed by atoms with Gasteiger partial charge in [0, 0.05) is 21.9 Å². The SMILES string of the molecule is C=C1C=CN([C@@H]2O[C@H](CP=O)[C@@H](O)[C@H]2OP)C(=O)C1.O=PC[C@H]1O[C@@H](N2C=CC(=O)CC2=O)[C@H](O)[C@@H]1P=O. The maximum absolute atomic E-state index is 12.0. The third-order valence-corrected chi connectivity index (χ3v) is 8.37. The van der Waals surface area contributed by atoms with E-state index in [-0.39, 0.29) is 62.2 Å². The van der Waals surface area contributed by atoms with Gasteiger partial charge >= 0.3 is 0 Å². The highest BCUT2D eigenvalue weighted by Crippen LogP contribution is 2.34. The van der Waals surface area contributed by atoms with Crippen LogP contribution in [0.3, 0.4) is 0 Å². The van der Waals surface area contributed by atoms with Gasteiger partial charge in [-0.25, -0.2) is 0 Å². The molecular weight excluding hydrogens is 580 g/mol. The van der Waals surface area contributed by atoms with Gasteiger partial charge in [-0.1, -0.05) is 6.58 Å². The third-order valence-electron chi connectivity index (χ3n) is 6.16. The van der Waals surface area contributed by atoms with E-state index in [9.17, 15) is 38.3 Å². The molecule has 2 N–H and O–H groups in total. The van der Waals surface area contributed by atoms with E-state index in [0.717, 1.165) is 10.5 Å². The lowest BCUT2D eigenvalue weighted by Gasteiger charge is -2.31. The Bertz CT molecular complexity index is 1040. The first-order chi connectivity index (χ1) is 18.2. The minimum atomic E-state index is -1.16. The first-order valence-corrected chi connectivity index (χ1v) is 14.6. The maximum atomic E-state index is 12.0. The molecule has 0 bridgehead atoms. The van der Waals surface area contributed by atoms with Crippen molar-refractivity contribution < 1.29 is 52.3 Å². The van der Waals surface area contributed by atoms with Gasteiger partial charge in [0.2, 0.25) is 11.8 Å². The molecule has 4 aliphatic heterocycles. The van der Waals surface area contributed by atoms with E-state index in [1.54, 1.807) is 12.3 Å². The molecule has 0 saturated carbocycles. The van der Waals surface area contributed by atoms with Crippen LogP contribution in [0.5, 0.6) is 0 Å². The summed E-state index contributed by atoms with van der Waals surface area (Å²) < 4.78 is 48.5. The number of aliphatic hydroxyl groups is 2. The van der Waals surface area contributed by atoms with Crippen molar-refractivity contribution in [2.24, 2.45) is 0 Å². The molecule has 0 aromatic rings. The summed E-state index contributed by atoms with van der Waals surface area (Å²) >= 11 is 0. The molecule has 0 radical (unpaired) electrons. The van der Waals surface area contributed by atoms with E-state index in [0.29, 0.717) is 0 Å². The molecule has 1 unspecified atom stereocenters. The normalized spacial score (nSPS) is 35.4. The minimum Gasteiger partial charge on any atom is -0.387 e. The first-order valence-electron chi connectivity index (χ1n) is 11.3. The molecule has 2 amide bonds. The molecule has 0 aromatic carbocycles.